The first-order valence-corrected chi connectivity index (χ1v) is 7.76. The van der Waals surface area contributed by atoms with E-state index in [0.717, 1.165) is 5.56 Å². The summed E-state index contributed by atoms with van der Waals surface area (Å²) in [5, 5.41) is 20.8. The van der Waals surface area contributed by atoms with Gasteiger partial charge in [0.05, 0.1) is 6.54 Å². The number of hydrogen-bond donors (Lipinski definition) is 3. The van der Waals surface area contributed by atoms with Crippen molar-refractivity contribution < 1.29 is 5.11 Å². The number of nitrogens with zero attached hydrogens (tertiary/aromatic N) is 2. The first-order valence-electron chi connectivity index (χ1n) is 6.82. The zero-order valence-electron chi connectivity index (χ0n) is 12.6. The van der Waals surface area contributed by atoms with E-state index >= 15 is 0 Å². The van der Waals surface area contributed by atoms with Gasteiger partial charge in [0.25, 0.3) is 0 Å². The first-order chi connectivity index (χ1) is 10.0. The SMILES string of the molecule is CN=C(NCc1ccn(C)c1)NCC(C)(O)c1ccsc1. The van der Waals surface area contributed by atoms with Crippen molar-refractivity contribution >= 4 is 17.3 Å². The quantitative estimate of drug-likeness (QED) is 0.581. The van der Waals surface area contributed by atoms with Crippen LogP contribution in [0.2, 0.25) is 0 Å². The molecule has 0 spiro atoms. The molecule has 21 heavy (non-hydrogen) atoms. The maximum Gasteiger partial charge on any atom is 0.191 e. The average molecular weight is 306 g/mol. The lowest BCUT2D eigenvalue weighted by Gasteiger charge is -2.24. The van der Waals surface area contributed by atoms with Crippen LogP contribution >= 0.6 is 11.3 Å². The van der Waals surface area contributed by atoms with E-state index in [4.69, 9.17) is 0 Å². The highest BCUT2D eigenvalue weighted by atomic mass is 32.1. The summed E-state index contributed by atoms with van der Waals surface area (Å²) in [4.78, 5) is 4.17. The van der Waals surface area contributed by atoms with Crippen molar-refractivity contribution in [3.63, 3.8) is 0 Å². The Kier molecular flexibility index (Phi) is 5.03. The number of guanidine groups is 1. The monoisotopic (exact) mass is 306 g/mol. The molecule has 0 bridgehead atoms. The Morgan fingerprint density at radius 1 is 1.43 bits per heavy atom. The van der Waals surface area contributed by atoms with E-state index in [1.165, 1.54) is 5.56 Å². The predicted octanol–water partition coefficient (Wildman–Crippen LogP) is 1.66. The summed E-state index contributed by atoms with van der Waals surface area (Å²) in [6.07, 6.45) is 4.07. The van der Waals surface area contributed by atoms with Gasteiger partial charge in [-0.1, -0.05) is 0 Å². The van der Waals surface area contributed by atoms with Crippen LogP contribution < -0.4 is 10.6 Å². The van der Waals surface area contributed by atoms with Gasteiger partial charge in [0.1, 0.15) is 5.60 Å². The minimum Gasteiger partial charge on any atom is -0.384 e. The lowest BCUT2D eigenvalue weighted by atomic mass is 9.99. The highest BCUT2D eigenvalue weighted by molar-refractivity contribution is 7.08. The standard InChI is InChI=1S/C15H22N4OS/c1-15(20,13-5-7-21-10-13)11-18-14(16-2)17-8-12-4-6-19(3)9-12/h4-7,9-10,20H,8,11H2,1-3H3,(H2,16,17,18). The molecular formula is C15H22N4OS. The van der Waals surface area contributed by atoms with Crippen molar-refractivity contribution in [2.75, 3.05) is 13.6 Å². The third-order valence-corrected chi connectivity index (χ3v) is 4.00. The van der Waals surface area contributed by atoms with Gasteiger partial charge in [-0.2, -0.15) is 11.3 Å². The summed E-state index contributed by atoms with van der Waals surface area (Å²) in [6, 6.07) is 3.99. The molecule has 2 aromatic heterocycles. The maximum absolute atomic E-state index is 10.5. The minimum absolute atomic E-state index is 0.401. The number of rotatable bonds is 5. The largest absolute Gasteiger partial charge is 0.384 e. The molecule has 0 aromatic carbocycles. The van der Waals surface area contributed by atoms with Crippen molar-refractivity contribution in [3.05, 3.63) is 46.4 Å². The lowest BCUT2D eigenvalue weighted by molar-refractivity contribution is 0.0621. The molecule has 2 heterocycles. The molecule has 5 nitrogen and oxygen atoms in total. The van der Waals surface area contributed by atoms with Gasteiger partial charge in [-0.3, -0.25) is 4.99 Å². The molecule has 114 valence electrons. The second kappa shape index (κ2) is 6.78. The molecule has 2 rings (SSSR count). The molecule has 0 radical (unpaired) electrons. The van der Waals surface area contributed by atoms with Crippen molar-refractivity contribution in [3.8, 4) is 0 Å². The molecule has 3 N–H and O–H groups in total. The Morgan fingerprint density at radius 2 is 2.24 bits per heavy atom. The van der Waals surface area contributed by atoms with Crippen LogP contribution in [0.5, 0.6) is 0 Å². The van der Waals surface area contributed by atoms with E-state index in [2.05, 4.69) is 27.9 Å². The van der Waals surface area contributed by atoms with Crippen molar-refractivity contribution in [2.45, 2.75) is 19.1 Å². The number of thiophene rings is 1. The molecule has 0 saturated heterocycles. The Labute approximate surface area is 129 Å². The van der Waals surface area contributed by atoms with Crippen LogP contribution in [0.4, 0.5) is 0 Å². The van der Waals surface area contributed by atoms with Gasteiger partial charge >= 0.3 is 0 Å². The Hall–Kier alpha value is -1.79. The third kappa shape index (κ3) is 4.34. The van der Waals surface area contributed by atoms with E-state index in [1.807, 2.05) is 34.6 Å². The van der Waals surface area contributed by atoms with E-state index < -0.39 is 5.60 Å². The Balaban J connectivity index is 1.85. The summed E-state index contributed by atoms with van der Waals surface area (Å²) in [6.45, 7) is 2.89. The van der Waals surface area contributed by atoms with Gasteiger partial charge in [-0.25, -0.2) is 0 Å². The topological polar surface area (TPSA) is 61.6 Å². The summed E-state index contributed by atoms with van der Waals surface area (Å²) in [7, 11) is 3.72. The molecule has 0 saturated carbocycles. The summed E-state index contributed by atoms with van der Waals surface area (Å²) < 4.78 is 2.01. The summed E-state index contributed by atoms with van der Waals surface area (Å²) in [5.41, 5.74) is 1.19. The molecule has 0 aliphatic rings. The van der Waals surface area contributed by atoms with Crippen LogP contribution in [-0.2, 0) is 19.2 Å². The molecule has 1 atom stereocenters. The molecule has 0 aliphatic carbocycles. The fourth-order valence-corrected chi connectivity index (χ4v) is 2.78. The van der Waals surface area contributed by atoms with Crippen LogP contribution in [0, 0.1) is 0 Å². The fraction of sp³-hybridized carbons (Fsp3) is 0.400. The third-order valence-electron chi connectivity index (χ3n) is 3.32. The van der Waals surface area contributed by atoms with Crippen molar-refractivity contribution in [1.29, 1.82) is 0 Å². The van der Waals surface area contributed by atoms with Crippen LogP contribution in [0.1, 0.15) is 18.1 Å². The average Bonchev–Trinajstić information content (AvgIpc) is 3.10. The van der Waals surface area contributed by atoms with E-state index in [9.17, 15) is 5.11 Å². The number of aromatic nitrogens is 1. The number of aryl methyl sites for hydroxylation is 1. The highest BCUT2D eigenvalue weighted by Gasteiger charge is 2.23. The second-order valence-electron chi connectivity index (χ2n) is 5.25. The lowest BCUT2D eigenvalue weighted by Crippen LogP contribution is -2.44. The van der Waals surface area contributed by atoms with E-state index in [0.29, 0.717) is 19.0 Å². The van der Waals surface area contributed by atoms with Crippen LogP contribution in [0.3, 0.4) is 0 Å². The van der Waals surface area contributed by atoms with E-state index in [-0.39, 0.29) is 0 Å². The predicted molar refractivity (Wildman–Crippen MR) is 87.5 cm³/mol. The smallest absolute Gasteiger partial charge is 0.191 e. The summed E-state index contributed by atoms with van der Waals surface area (Å²) >= 11 is 1.58. The zero-order chi connectivity index (χ0) is 15.3. The van der Waals surface area contributed by atoms with Crippen LogP contribution in [0.25, 0.3) is 0 Å². The molecule has 2 aromatic rings. The van der Waals surface area contributed by atoms with E-state index in [1.54, 1.807) is 25.3 Å². The number of hydrogen-bond acceptors (Lipinski definition) is 3. The molecule has 6 heteroatoms. The number of aliphatic hydroxyl groups is 1. The molecule has 0 aliphatic heterocycles. The minimum atomic E-state index is -0.912. The molecule has 0 fully saturated rings. The Bertz CT molecular complexity index is 587. The second-order valence-corrected chi connectivity index (χ2v) is 6.03. The van der Waals surface area contributed by atoms with Crippen molar-refractivity contribution in [1.82, 2.24) is 15.2 Å². The Morgan fingerprint density at radius 3 is 2.81 bits per heavy atom. The van der Waals surface area contributed by atoms with Crippen molar-refractivity contribution in [2.24, 2.45) is 12.0 Å². The van der Waals surface area contributed by atoms with Crippen LogP contribution in [0.15, 0.2) is 40.3 Å². The molecule has 1 unspecified atom stereocenters. The zero-order valence-corrected chi connectivity index (χ0v) is 13.4. The molecule has 0 amide bonds. The van der Waals surface area contributed by atoms with Crippen LogP contribution in [-0.4, -0.2) is 29.2 Å². The number of nitrogens with one attached hydrogen (secondary N) is 2. The van der Waals surface area contributed by atoms with Gasteiger partial charge in [0.15, 0.2) is 5.96 Å². The van der Waals surface area contributed by atoms with Gasteiger partial charge in [0, 0.05) is 33.0 Å². The van der Waals surface area contributed by atoms with Gasteiger partial charge in [0.2, 0.25) is 0 Å². The van der Waals surface area contributed by atoms with Gasteiger partial charge in [-0.15, -0.1) is 0 Å². The first kappa shape index (κ1) is 15.6. The van der Waals surface area contributed by atoms with Gasteiger partial charge < -0.3 is 20.3 Å². The highest BCUT2D eigenvalue weighted by Crippen LogP contribution is 2.21. The fourth-order valence-electron chi connectivity index (χ4n) is 2.00. The molecular weight excluding hydrogens is 284 g/mol. The maximum atomic E-state index is 10.5. The normalized spacial score (nSPS) is 14.8. The summed E-state index contributed by atoms with van der Waals surface area (Å²) in [5.74, 6) is 0.675. The number of aliphatic imine (C=N–C) groups is 1. The van der Waals surface area contributed by atoms with Gasteiger partial charge in [-0.05, 0) is 40.9 Å².